The number of carbonyl (C=O) groups is 2. The third-order valence-corrected chi connectivity index (χ3v) is 8.18. The Morgan fingerprint density at radius 2 is 1.92 bits per heavy atom. The summed E-state index contributed by atoms with van der Waals surface area (Å²) in [5.74, 6) is 0.436. The van der Waals surface area contributed by atoms with Crippen molar-refractivity contribution in [2.24, 2.45) is 0 Å². The van der Waals surface area contributed by atoms with Gasteiger partial charge in [-0.3, -0.25) is 4.79 Å². The monoisotopic (exact) mass is 547 g/mol. The highest BCUT2D eigenvalue weighted by Gasteiger charge is 2.28. The van der Waals surface area contributed by atoms with E-state index in [4.69, 9.17) is 14.2 Å². The number of nitrogens with zero attached hydrogens (tertiary/aromatic N) is 2. The van der Waals surface area contributed by atoms with E-state index >= 15 is 0 Å². The van der Waals surface area contributed by atoms with Gasteiger partial charge in [-0.15, -0.1) is 11.3 Å². The lowest BCUT2D eigenvalue weighted by Gasteiger charge is -2.13. The molecule has 3 aromatic rings. The van der Waals surface area contributed by atoms with E-state index < -0.39 is 5.91 Å². The van der Waals surface area contributed by atoms with Crippen LogP contribution < -0.4 is 14.8 Å². The molecule has 1 N–H and O–H groups in total. The molecule has 0 aliphatic heterocycles. The van der Waals surface area contributed by atoms with Crippen molar-refractivity contribution >= 4 is 29.3 Å². The van der Waals surface area contributed by atoms with Crippen LogP contribution in [0, 0.1) is 25.2 Å². The number of amides is 1. The Kier molecular flexibility index (Phi) is 8.77. The van der Waals surface area contributed by atoms with Crippen LogP contribution in [0.1, 0.15) is 63.1 Å². The number of thiophene rings is 1. The van der Waals surface area contributed by atoms with Crippen molar-refractivity contribution in [2.75, 3.05) is 20.8 Å². The fourth-order valence-electron chi connectivity index (χ4n) is 4.94. The Bertz CT molecular complexity index is 1470. The normalized spacial score (nSPS) is 12.9. The molecule has 1 aromatic carbocycles. The Morgan fingerprint density at radius 1 is 1.15 bits per heavy atom. The SMILES string of the molecule is CCOC(=O)c1c(-n2c(C)cc(/C=C(\C#N)C(=O)NCc3ccc(OC)cc3OC)c2C)sc2c1CCCC2. The minimum absolute atomic E-state index is 0.0150. The number of hydrogen-bond donors (Lipinski definition) is 1. The van der Waals surface area contributed by atoms with Gasteiger partial charge in [0.05, 0.1) is 26.4 Å². The van der Waals surface area contributed by atoms with Crippen molar-refractivity contribution in [3.63, 3.8) is 0 Å². The number of methoxy groups -OCH3 is 2. The number of aromatic nitrogens is 1. The maximum absolute atomic E-state index is 13.0. The highest BCUT2D eigenvalue weighted by atomic mass is 32.1. The summed E-state index contributed by atoms with van der Waals surface area (Å²) in [5, 5.41) is 13.5. The molecule has 2 aromatic heterocycles. The molecule has 8 nitrogen and oxygen atoms in total. The van der Waals surface area contributed by atoms with Gasteiger partial charge < -0.3 is 24.1 Å². The lowest BCUT2D eigenvalue weighted by Crippen LogP contribution is -2.24. The molecule has 39 heavy (non-hydrogen) atoms. The summed E-state index contributed by atoms with van der Waals surface area (Å²) in [4.78, 5) is 27.2. The summed E-state index contributed by atoms with van der Waals surface area (Å²) in [6, 6.07) is 9.30. The number of nitrogens with one attached hydrogen (secondary N) is 1. The number of hydrogen-bond acceptors (Lipinski definition) is 7. The van der Waals surface area contributed by atoms with Gasteiger partial charge in [0.25, 0.3) is 5.91 Å². The second-order valence-electron chi connectivity index (χ2n) is 9.30. The highest BCUT2D eigenvalue weighted by molar-refractivity contribution is 7.15. The first-order valence-electron chi connectivity index (χ1n) is 12.9. The summed E-state index contributed by atoms with van der Waals surface area (Å²) in [5.41, 5.74) is 4.96. The molecule has 0 unspecified atom stereocenters. The molecule has 0 saturated heterocycles. The average molecular weight is 548 g/mol. The highest BCUT2D eigenvalue weighted by Crippen LogP contribution is 2.39. The zero-order valence-electron chi connectivity index (χ0n) is 23.0. The summed E-state index contributed by atoms with van der Waals surface area (Å²) in [6.45, 7) is 6.20. The third kappa shape index (κ3) is 5.71. The molecule has 0 fully saturated rings. The van der Waals surface area contributed by atoms with E-state index in [0.717, 1.165) is 58.8 Å². The van der Waals surface area contributed by atoms with Crippen molar-refractivity contribution in [1.82, 2.24) is 9.88 Å². The largest absolute Gasteiger partial charge is 0.497 e. The van der Waals surface area contributed by atoms with Crippen LogP contribution in [-0.4, -0.2) is 37.3 Å². The number of esters is 1. The third-order valence-electron chi connectivity index (χ3n) is 6.90. The van der Waals surface area contributed by atoms with Crippen LogP contribution in [0.5, 0.6) is 11.5 Å². The lowest BCUT2D eigenvalue weighted by molar-refractivity contribution is -0.117. The first-order valence-corrected chi connectivity index (χ1v) is 13.8. The molecular formula is C30H33N3O5S. The molecule has 1 amide bonds. The molecular weight excluding hydrogens is 514 g/mol. The van der Waals surface area contributed by atoms with E-state index in [-0.39, 0.29) is 18.1 Å². The number of aryl methyl sites for hydroxylation is 2. The Labute approximate surface area is 232 Å². The molecule has 1 aliphatic carbocycles. The van der Waals surface area contributed by atoms with Crippen molar-refractivity contribution in [1.29, 1.82) is 5.26 Å². The van der Waals surface area contributed by atoms with E-state index in [2.05, 4.69) is 5.32 Å². The van der Waals surface area contributed by atoms with Crippen LogP contribution in [-0.2, 0) is 28.9 Å². The van der Waals surface area contributed by atoms with E-state index in [0.29, 0.717) is 23.7 Å². The zero-order valence-corrected chi connectivity index (χ0v) is 23.8. The topological polar surface area (TPSA) is 103 Å². The van der Waals surface area contributed by atoms with Gasteiger partial charge >= 0.3 is 5.97 Å². The Balaban J connectivity index is 1.64. The molecule has 0 atom stereocenters. The number of carbonyl (C=O) groups excluding carboxylic acids is 2. The quantitative estimate of drug-likeness (QED) is 0.217. The van der Waals surface area contributed by atoms with Gasteiger partial charge in [-0.2, -0.15) is 5.26 Å². The van der Waals surface area contributed by atoms with E-state index in [1.807, 2.05) is 43.5 Å². The zero-order chi connectivity index (χ0) is 28.1. The summed E-state index contributed by atoms with van der Waals surface area (Å²) in [7, 11) is 3.12. The molecule has 0 radical (unpaired) electrons. The van der Waals surface area contributed by atoms with Crippen LogP contribution in [0.25, 0.3) is 11.1 Å². The van der Waals surface area contributed by atoms with Crippen LogP contribution in [0.3, 0.4) is 0 Å². The molecule has 9 heteroatoms. The fourth-order valence-corrected chi connectivity index (χ4v) is 6.43. The van der Waals surface area contributed by atoms with Gasteiger partial charge in [0.2, 0.25) is 0 Å². The van der Waals surface area contributed by atoms with Gasteiger partial charge in [-0.25, -0.2) is 4.79 Å². The first kappa shape index (κ1) is 28.0. The minimum Gasteiger partial charge on any atom is -0.497 e. The molecule has 4 rings (SSSR count). The molecule has 204 valence electrons. The number of benzene rings is 1. The minimum atomic E-state index is -0.487. The summed E-state index contributed by atoms with van der Waals surface area (Å²) in [6.07, 6.45) is 5.57. The second-order valence-corrected chi connectivity index (χ2v) is 10.4. The van der Waals surface area contributed by atoms with Crippen LogP contribution >= 0.6 is 11.3 Å². The Hall–Kier alpha value is -4.03. The molecule has 1 aliphatic rings. The first-order chi connectivity index (χ1) is 18.8. The number of ether oxygens (including phenoxy) is 3. The standard InChI is InChI=1S/C30H33N3O5S/c1-6-38-30(35)27-24-9-7-8-10-26(24)39-29(27)33-18(2)13-21(19(33)3)14-22(16-31)28(34)32-17-20-11-12-23(36-4)15-25(20)37-5/h11-15H,6-10,17H2,1-5H3,(H,32,34)/b22-14+. The molecule has 0 spiro atoms. The summed E-state index contributed by atoms with van der Waals surface area (Å²) >= 11 is 1.63. The fraction of sp³-hybridized carbons (Fsp3) is 0.367. The van der Waals surface area contributed by atoms with Crippen molar-refractivity contribution in [3.05, 3.63) is 68.4 Å². The molecule has 2 heterocycles. The maximum Gasteiger partial charge on any atom is 0.341 e. The molecule has 0 bridgehead atoms. The summed E-state index contributed by atoms with van der Waals surface area (Å²) < 4.78 is 18.1. The van der Waals surface area contributed by atoms with Gasteiger partial charge in [0.15, 0.2) is 0 Å². The van der Waals surface area contributed by atoms with Gasteiger partial charge in [0.1, 0.15) is 28.1 Å². The van der Waals surface area contributed by atoms with E-state index in [9.17, 15) is 14.9 Å². The Morgan fingerprint density at radius 3 is 2.62 bits per heavy atom. The smallest absolute Gasteiger partial charge is 0.341 e. The van der Waals surface area contributed by atoms with E-state index in [1.54, 1.807) is 43.8 Å². The second kappa shape index (κ2) is 12.2. The van der Waals surface area contributed by atoms with Crippen LogP contribution in [0.4, 0.5) is 0 Å². The van der Waals surface area contributed by atoms with Crippen molar-refractivity contribution in [2.45, 2.75) is 53.0 Å². The van der Waals surface area contributed by atoms with Gasteiger partial charge in [0, 0.05) is 34.4 Å². The average Bonchev–Trinajstić information content (AvgIpc) is 3.45. The van der Waals surface area contributed by atoms with Crippen molar-refractivity contribution < 1.29 is 23.8 Å². The van der Waals surface area contributed by atoms with Gasteiger partial charge in [-0.1, -0.05) is 0 Å². The van der Waals surface area contributed by atoms with Crippen molar-refractivity contribution in [3.8, 4) is 22.6 Å². The number of fused-ring (bicyclic) bond motifs is 1. The van der Waals surface area contributed by atoms with Crippen LogP contribution in [0.2, 0.25) is 0 Å². The van der Waals surface area contributed by atoms with Crippen LogP contribution in [0.15, 0.2) is 29.8 Å². The number of rotatable bonds is 9. The predicted octanol–water partition coefficient (Wildman–Crippen LogP) is 5.45. The van der Waals surface area contributed by atoms with E-state index in [1.165, 1.54) is 4.88 Å². The molecule has 0 saturated carbocycles. The predicted molar refractivity (Wildman–Crippen MR) is 151 cm³/mol. The van der Waals surface area contributed by atoms with Gasteiger partial charge in [-0.05, 0) is 81.9 Å². The number of nitriles is 1. The lowest BCUT2D eigenvalue weighted by atomic mass is 9.95. The maximum atomic E-state index is 13.0.